The lowest BCUT2D eigenvalue weighted by atomic mass is 9.83. The molecule has 2 aliphatic heterocycles. The summed E-state index contributed by atoms with van der Waals surface area (Å²) in [5, 5.41) is 0.152. The zero-order chi connectivity index (χ0) is 16.1. The standard InChI is InChI=1S/C14H28BO4PSi/c1-10-11(19-21(6,7)13(2,3)4)12(15)18-14(10)8-16-20(5)17-9-14/h10-12H,8-9H2,1-7H3/t10-,11?,12-,14?,20?/m1/s1. The molecule has 0 saturated carbocycles. The molecule has 2 saturated heterocycles. The van der Waals surface area contributed by atoms with E-state index in [1.807, 2.05) is 6.66 Å². The minimum Gasteiger partial charge on any atom is -0.412 e. The van der Waals surface area contributed by atoms with Gasteiger partial charge in [0.15, 0.2) is 16.7 Å². The minimum atomic E-state index is -1.88. The molecular weight excluding hydrogens is 302 g/mol. The van der Waals surface area contributed by atoms with Crippen molar-refractivity contribution in [3.05, 3.63) is 0 Å². The molecular formula is C14H28BO4PSi. The Bertz CT molecular complexity index is 380. The lowest BCUT2D eigenvalue weighted by Crippen LogP contribution is -2.50. The molecule has 2 fully saturated rings. The molecule has 3 atom stereocenters. The van der Waals surface area contributed by atoms with Crippen LogP contribution in [0.25, 0.3) is 0 Å². The van der Waals surface area contributed by atoms with E-state index in [1.54, 1.807) is 0 Å². The van der Waals surface area contributed by atoms with Crippen LogP contribution >= 0.6 is 8.38 Å². The molecule has 0 N–H and O–H groups in total. The first-order valence-electron chi connectivity index (χ1n) is 7.59. The fourth-order valence-electron chi connectivity index (χ4n) is 2.53. The van der Waals surface area contributed by atoms with Crippen LogP contribution in [0.15, 0.2) is 0 Å². The van der Waals surface area contributed by atoms with Gasteiger partial charge in [0.2, 0.25) is 0 Å². The van der Waals surface area contributed by atoms with Crippen molar-refractivity contribution in [2.24, 2.45) is 5.92 Å². The Hall–Kier alpha value is 0.552. The highest BCUT2D eigenvalue weighted by Gasteiger charge is 2.55. The van der Waals surface area contributed by atoms with Crippen LogP contribution in [0.5, 0.6) is 0 Å². The van der Waals surface area contributed by atoms with Gasteiger partial charge in [-0.3, -0.25) is 0 Å². The second kappa shape index (κ2) is 5.88. The van der Waals surface area contributed by atoms with Crippen LogP contribution in [0.2, 0.25) is 18.1 Å². The van der Waals surface area contributed by atoms with Gasteiger partial charge < -0.3 is 18.2 Å². The second-order valence-corrected chi connectivity index (χ2v) is 13.9. The molecule has 1 unspecified atom stereocenters. The maximum absolute atomic E-state index is 6.53. The van der Waals surface area contributed by atoms with Crippen molar-refractivity contribution < 1.29 is 18.2 Å². The minimum absolute atomic E-state index is 0.0979. The van der Waals surface area contributed by atoms with Gasteiger partial charge in [0.1, 0.15) is 13.4 Å². The van der Waals surface area contributed by atoms with Gasteiger partial charge in [0, 0.05) is 18.6 Å². The summed E-state index contributed by atoms with van der Waals surface area (Å²) in [6.07, 6.45) is -0.0979. The van der Waals surface area contributed by atoms with Gasteiger partial charge in [-0.1, -0.05) is 27.7 Å². The van der Waals surface area contributed by atoms with Crippen molar-refractivity contribution in [1.82, 2.24) is 0 Å². The Kier molecular flexibility index (Phi) is 5.01. The molecule has 4 nitrogen and oxygen atoms in total. The lowest BCUT2D eigenvalue weighted by Gasteiger charge is -2.42. The highest BCUT2D eigenvalue weighted by Crippen LogP contribution is 2.49. The first-order valence-corrected chi connectivity index (χ1v) is 12.1. The second-order valence-electron chi connectivity index (χ2n) is 7.77. The van der Waals surface area contributed by atoms with Crippen LogP contribution < -0.4 is 0 Å². The maximum Gasteiger partial charge on any atom is 0.192 e. The molecule has 2 radical (unpaired) electrons. The SMILES string of the molecule is [B][C@@H]1OC2(COP(C)OC2)[C@H](C)C1O[Si](C)(C)C(C)(C)C. The van der Waals surface area contributed by atoms with E-state index in [9.17, 15) is 0 Å². The highest BCUT2D eigenvalue weighted by molar-refractivity contribution is 7.46. The molecule has 120 valence electrons. The number of hydrogen-bond donors (Lipinski definition) is 0. The van der Waals surface area contributed by atoms with Crippen LogP contribution in [-0.4, -0.2) is 53.8 Å². The van der Waals surface area contributed by atoms with E-state index < -0.39 is 28.3 Å². The largest absolute Gasteiger partial charge is 0.412 e. The summed E-state index contributed by atoms with van der Waals surface area (Å²) >= 11 is 0. The van der Waals surface area contributed by atoms with E-state index in [0.29, 0.717) is 13.2 Å². The third-order valence-corrected chi connectivity index (χ3v) is 10.7. The Labute approximate surface area is 132 Å². The van der Waals surface area contributed by atoms with Gasteiger partial charge in [-0.15, -0.1) is 0 Å². The van der Waals surface area contributed by atoms with Gasteiger partial charge in [-0.2, -0.15) is 0 Å². The van der Waals surface area contributed by atoms with E-state index in [1.165, 1.54) is 0 Å². The molecule has 0 bridgehead atoms. The van der Waals surface area contributed by atoms with Gasteiger partial charge in [-0.05, 0) is 18.1 Å². The van der Waals surface area contributed by atoms with Crippen molar-refractivity contribution in [1.29, 1.82) is 0 Å². The molecule has 2 aliphatic rings. The number of ether oxygens (including phenoxy) is 1. The van der Waals surface area contributed by atoms with Crippen molar-refractivity contribution in [2.45, 2.75) is 63.5 Å². The summed E-state index contributed by atoms with van der Waals surface area (Å²) < 4.78 is 24.0. The Morgan fingerprint density at radius 2 is 1.76 bits per heavy atom. The molecule has 0 aromatic carbocycles. The third-order valence-electron chi connectivity index (χ3n) is 5.24. The summed E-state index contributed by atoms with van der Waals surface area (Å²) in [5.74, 6) is 0.158. The van der Waals surface area contributed by atoms with Gasteiger partial charge >= 0.3 is 0 Å². The smallest absolute Gasteiger partial charge is 0.192 e. The van der Waals surface area contributed by atoms with E-state index in [4.69, 9.17) is 26.1 Å². The fraction of sp³-hybridized carbons (Fsp3) is 1.00. The summed E-state index contributed by atoms with van der Waals surface area (Å²) in [7, 11) is 3.56. The fourth-order valence-corrected chi connectivity index (χ4v) is 4.77. The summed E-state index contributed by atoms with van der Waals surface area (Å²) in [5.41, 5.74) is -0.457. The molecule has 7 heteroatoms. The predicted octanol–water partition coefficient (Wildman–Crippen LogP) is 3.27. The third kappa shape index (κ3) is 3.41. The highest BCUT2D eigenvalue weighted by atomic mass is 31.2. The zero-order valence-electron chi connectivity index (χ0n) is 14.3. The Morgan fingerprint density at radius 3 is 2.24 bits per heavy atom. The zero-order valence-corrected chi connectivity index (χ0v) is 16.2. The Morgan fingerprint density at radius 1 is 1.24 bits per heavy atom. The number of hydrogen-bond acceptors (Lipinski definition) is 4. The summed E-state index contributed by atoms with van der Waals surface area (Å²) in [4.78, 5) is 0. The molecule has 21 heavy (non-hydrogen) atoms. The average Bonchev–Trinajstić information content (AvgIpc) is 2.57. The maximum atomic E-state index is 6.53. The lowest BCUT2D eigenvalue weighted by molar-refractivity contribution is -0.106. The van der Waals surface area contributed by atoms with Crippen LogP contribution in [-0.2, 0) is 18.2 Å². The summed E-state index contributed by atoms with van der Waals surface area (Å²) in [6, 6.07) is -0.414. The molecule has 0 aromatic rings. The van der Waals surface area contributed by atoms with Gasteiger partial charge in [-0.25, -0.2) is 0 Å². The first-order chi connectivity index (χ1) is 9.48. The van der Waals surface area contributed by atoms with E-state index >= 15 is 0 Å². The van der Waals surface area contributed by atoms with Crippen molar-refractivity contribution in [3.63, 3.8) is 0 Å². The molecule has 0 aliphatic carbocycles. The average molecular weight is 330 g/mol. The van der Waals surface area contributed by atoms with Crippen LogP contribution in [0, 0.1) is 5.92 Å². The molecule has 0 aromatic heterocycles. The van der Waals surface area contributed by atoms with Crippen LogP contribution in [0.4, 0.5) is 0 Å². The first kappa shape index (κ1) is 17.9. The van der Waals surface area contributed by atoms with Crippen molar-refractivity contribution >= 4 is 24.5 Å². The van der Waals surface area contributed by atoms with Crippen LogP contribution in [0.1, 0.15) is 27.7 Å². The van der Waals surface area contributed by atoms with Crippen LogP contribution in [0.3, 0.4) is 0 Å². The molecule has 2 rings (SSSR count). The number of rotatable bonds is 2. The molecule has 0 amide bonds. The summed E-state index contributed by atoms with van der Waals surface area (Å²) in [6.45, 7) is 16.4. The molecule has 1 spiro atoms. The quantitative estimate of drug-likeness (QED) is 0.575. The van der Waals surface area contributed by atoms with Gasteiger partial charge in [0.05, 0.1) is 19.3 Å². The molecule has 2 heterocycles. The normalized spacial score (nSPS) is 41.7. The van der Waals surface area contributed by atoms with Crippen molar-refractivity contribution in [3.8, 4) is 0 Å². The van der Waals surface area contributed by atoms with E-state index in [-0.39, 0.29) is 17.1 Å². The van der Waals surface area contributed by atoms with E-state index in [0.717, 1.165) is 0 Å². The Balaban J connectivity index is 2.12. The van der Waals surface area contributed by atoms with Gasteiger partial charge in [0.25, 0.3) is 0 Å². The predicted molar refractivity (Wildman–Crippen MR) is 89.3 cm³/mol. The van der Waals surface area contributed by atoms with Crippen molar-refractivity contribution in [2.75, 3.05) is 19.9 Å². The topological polar surface area (TPSA) is 36.9 Å². The van der Waals surface area contributed by atoms with E-state index in [2.05, 4.69) is 40.8 Å². The monoisotopic (exact) mass is 330 g/mol.